The predicted molar refractivity (Wildman–Crippen MR) is 117 cm³/mol. The average Bonchev–Trinajstić information content (AvgIpc) is 2.77. The molecule has 3 heterocycles. The van der Waals surface area contributed by atoms with E-state index in [4.69, 9.17) is 10.5 Å². The Morgan fingerprint density at radius 3 is 2.74 bits per heavy atom. The minimum absolute atomic E-state index is 0.219. The van der Waals surface area contributed by atoms with Crippen LogP contribution in [-0.2, 0) is 0 Å². The number of halogens is 1. The number of primary amides is 1. The van der Waals surface area contributed by atoms with Crippen LogP contribution in [0.1, 0.15) is 16.8 Å². The van der Waals surface area contributed by atoms with Crippen LogP contribution in [0.2, 0.25) is 0 Å². The van der Waals surface area contributed by atoms with Crippen LogP contribution in [0.3, 0.4) is 0 Å². The van der Waals surface area contributed by atoms with Crippen molar-refractivity contribution in [1.29, 1.82) is 0 Å². The summed E-state index contributed by atoms with van der Waals surface area (Å²) >= 11 is 0. The van der Waals surface area contributed by atoms with Crippen molar-refractivity contribution in [2.75, 3.05) is 23.7 Å². The quantitative estimate of drug-likeness (QED) is 0.462. The Kier molecular flexibility index (Phi) is 6.23. The average molecular weight is 422 g/mol. The molecule has 1 fully saturated rings. The van der Waals surface area contributed by atoms with Gasteiger partial charge >= 0.3 is 0 Å². The lowest BCUT2D eigenvalue weighted by atomic mass is 10.0. The minimum Gasteiger partial charge on any atom is -0.456 e. The third-order valence-corrected chi connectivity index (χ3v) is 4.92. The molecule has 1 aliphatic rings. The van der Waals surface area contributed by atoms with Crippen LogP contribution in [0, 0.1) is 0 Å². The monoisotopic (exact) mass is 422 g/mol. The molecule has 0 radical (unpaired) electrons. The number of hydrogen-bond acceptors (Lipinski definition) is 7. The zero-order valence-corrected chi connectivity index (χ0v) is 16.7. The van der Waals surface area contributed by atoms with Gasteiger partial charge in [-0.2, -0.15) is 0 Å². The summed E-state index contributed by atoms with van der Waals surface area (Å²) in [5, 5.41) is 9.30. The number of ether oxygens (including phenoxy) is 1. The number of hydrogen-bond donors (Lipinski definition) is 4. The van der Waals surface area contributed by atoms with E-state index in [1.165, 1.54) is 6.20 Å². The molecule has 1 saturated heterocycles. The number of nitrogens with zero attached hydrogens (tertiary/aromatic N) is 2. The van der Waals surface area contributed by atoms with Gasteiger partial charge in [0.2, 0.25) is 0 Å². The van der Waals surface area contributed by atoms with Gasteiger partial charge in [0.05, 0.1) is 23.5 Å². The standard InChI is InChI=1S/C22H23FN6O2/c23-18-13-26-9-7-19(18)29-20-10-21(27-12-17(20)22(24)30)28-14-3-5-15(6-4-14)31-16-2-1-8-25-11-16/h1-6,8,10-12,18-19,26H,7,9,13H2,(H2,24,30)(H2,27,28,29)/t18-,19+/m0/s1. The number of carbonyl (C=O) groups excluding carboxylic acids is 1. The number of rotatable bonds is 7. The number of nitrogens with two attached hydrogens (primary N) is 1. The molecule has 8 nitrogen and oxygen atoms in total. The Hall–Kier alpha value is -3.72. The van der Waals surface area contributed by atoms with Gasteiger partial charge in [-0.05, 0) is 49.4 Å². The first-order valence-corrected chi connectivity index (χ1v) is 9.94. The molecule has 5 N–H and O–H groups in total. The normalized spacial score (nSPS) is 18.2. The Morgan fingerprint density at radius 1 is 1.19 bits per heavy atom. The minimum atomic E-state index is -1.06. The molecule has 0 saturated carbocycles. The molecule has 0 spiro atoms. The molecule has 9 heteroatoms. The number of anilines is 3. The van der Waals surface area contributed by atoms with Gasteiger partial charge in [-0.25, -0.2) is 9.37 Å². The maximum atomic E-state index is 14.2. The van der Waals surface area contributed by atoms with Crippen molar-refractivity contribution in [3.8, 4) is 11.5 Å². The highest BCUT2D eigenvalue weighted by molar-refractivity contribution is 5.98. The number of benzene rings is 1. The van der Waals surface area contributed by atoms with Crippen LogP contribution in [0.5, 0.6) is 11.5 Å². The van der Waals surface area contributed by atoms with E-state index in [1.54, 1.807) is 24.5 Å². The molecular weight excluding hydrogens is 399 g/mol. The molecule has 1 amide bonds. The summed E-state index contributed by atoms with van der Waals surface area (Å²) in [4.78, 5) is 20.1. The van der Waals surface area contributed by atoms with E-state index >= 15 is 0 Å². The van der Waals surface area contributed by atoms with E-state index in [0.717, 1.165) is 5.69 Å². The maximum absolute atomic E-state index is 14.2. The summed E-state index contributed by atoms with van der Waals surface area (Å²) in [6, 6.07) is 12.2. The zero-order chi connectivity index (χ0) is 21.6. The van der Waals surface area contributed by atoms with Crippen LogP contribution < -0.4 is 26.4 Å². The third kappa shape index (κ3) is 5.26. The summed E-state index contributed by atoms with van der Waals surface area (Å²) in [7, 11) is 0. The molecule has 31 heavy (non-hydrogen) atoms. The van der Waals surface area contributed by atoms with Crippen molar-refractivity contribution >= 4 is 23.1 Å². The summed E-state index contributed by atoms with van der Waals surface area (Å²) in [6.07, 6.45) is 4.24. The van der Waals surface area contributed by atoms with Gasteiger partial charge in [0.1, 0.15) is 23.5 Å². The van der Waals surface area contributed by atoms with Crippen molar-refractivity contribution < 1.29 is 13.9 Å². The molecule has 1 aromatic carbocycles. The molecule has 0 bridgehead atoms. The lowest BCUT2D eigenvalue weighted by Gasteiger charge is -2.29. The first-order chi connectivity index (χ1) is 15.1. The highest BCUT2D eigenvalue weighted by Crippen LogP contribution is 2.26. The van der Waals surface area contributed by atoms with E-state index in [0.29, 0.717) is 36.0 Å². The van der Waals surface area contributed by atoms with E-state index in [2.05, 4.69) is 25.9 Å². The van der Waals surface area contributed by atoms with Crippen molar-refractivity contribution in [3.05, 3.63) is 66.6 Å². The fourth-order valence-electron chi connectivity index (χ4n) is 3.32. The maximum Gasteiger partial charge on any atom is 0.252 e. The van der Waals surface area contributed by atoms with Gasteiger partial charge in [-0.3, -0.25) is 9.78 Å². The van der Waals surface area contributed by atoms with Gasteiger partial charge in [-0.1, -0.05) is 0 Å². The second kappa shape index (κ2) is 9.40. The fourth-order valence-corrected chi connectivity index (χ4v) is 3.32. The van der Waals surface area contributed by atoms with E-state index in [9.17, 15) is 9.18 Å². The lowest BCUT2D eigenvalue weighted by Crippen LogP contribution is -2.45. The molecule has 0 unspecified atom stereocenters. The fraction of sp³-hybridized carbons (Fsp3) is 0.227. The van der Waals surface area contributed by atoms with Gasteiger partial charge in [0.15, 0.2) is 0 Å². The third-order valence-electron chi connectivity index (χ3n) is 4.92. The molecule has 0 aliphatic carbocycles. The highest BCUT2D eigenvalue weighted by atomic mass is 19.1. The topological polar surface area (TPSA) is 114 Å². The van der Waals surface area contributed by atoms with E-state index in [-0.39, 0.29) is 12.1 Å². The number of pyridine rings is 2. The summed E-state index contributed by atoms with van der Waals surface area (Å²) in [5.41, 5.74) is 6.92. The van der Waals surface area contributed by atoms with E-state index < -0.39 is 18.1 Å². The Bertz CT molecular complexity index is 1030. The Balaban J connectivity index is 1.48. The van der Waals surface area contributed by atoms with Crippen molar-refractivity contribution in [3.63, 3.8) is 0 Å². The molecule has 3 aromatic rings. The summed E-state index contributed by atoms with van der Waals surface area (Å²) in [5.74, 6) is 1.19. The van der Waals surface area contributed by atoms with Gasteiger partial charge < -0.3 is 26.4 Å². The second-order valence-corrected chi connectivity index (χ2v) is 7.18. The van der Waals surface area contributed by atoms with Gasteiger partial charge in [0.25, 0.3) is 5.91 Å². The SMILES string of the molecule is NC(=O)c1cnc(Nc2ccc(Oc3cccnc3)cc2)cc1N[C@@H]1CCNC[C@@H]1F. The van der Waals surface area contributed by atoms with Gasteiger partial charge in [-0.15, -0.1) is 0 Å². The molecule has 160 valence electrons. The van der Waals surface area contributed by atoms with Crippen LogP contribution in [0.15, 0.2) is 61.1 Å². The largest absolute Gasteiger partial charge is 0.456 e. The number of amides is 1. The smallest absolute Gasteiger partial charge is 0.252 e. The number of alkyl halides is 1. The Morgan fingerprint density at radius 2 is 2.03 bits per heavy atom. The van der Waals surface area contributed by atoms with Crippen LogP contribution in [0.25, 0.3) is 0 Å². The van der Waals surface area contributed by atoms with Crippen molar-refractivity contribution in [1.82, 2.24) is 15.3 Å². The number of piperidine rings is 1. The molecule has 1 aliphatic heterocycles. The highest BCUT2D eigenvalue weighted by Gasteiger charge is 2.25. The number of aromatic nitrogens is 2. The summed E-state index contributed by atoms with van der Waals surface area (Å²) < 4.78 is 20.0. The predicted octanol–water partition coefficient (Wildman–Crippen LogP) is 3.22. The number of nitrogens with one attached hydrogen (secondary N) is 3. The van der Waals surface area contributed by atoms with Crippen LogP contribution in [0.4, 0.5) is 21.6 Å². The zero-order valence-electron chi connectivity index (χ0n) is 16.7. The van der Waals surface area contributed by atoms with E-state index in [1.807, 2.05) is 30.3 Å². The lowest BCUT2D eigenvalue weighted by molar-refractivity contribution is 0.100. The molecular formula is C22H23FN6O2. The molecule has 2 aromatic heterocycles. The first kappa shape index (κ1) is 20.5. The first-order valence-electron chi connectivity index (χ1n) is 9.94. The molecule has 4 rings (SSSR count). The summed E-state index contributed by atoms with van der Waals surface area (Å²) in [6.45, 7) is 0.973. The Labute approximate surface area is 179 Å². The second-order valence-electron chi connectivity index (χ2n) is 7.18. The van der Waals surface area contributed by atoms with Crippen molar-refractivity contribution in [2.24, 2.45) is 5.73 Å². The molecule has 2 atom stereocenters. The number of carbonyl (C=O) groups is 1. The van der Waals surface area contributed by atoms with Gasteiger partial charge in [0, 0.05) is 30.7 Å². The van der Waals surface area contributed by atoms with Crippen molar-refractivity contribution in [2.45, 2.75) is 18.6 Å². The van der Waals surface area contributed by atoms with Crippen LogP contribution >= 0.6 is 0 Å². The van der Waals surface area contributed by atoms with Crippen LogP contribution in [-0.4, -0.2) is 41.2 Å².